The summed E-state index contributed by atoms with van der Waals surface area (Å²) in [5, 5.41) is 2.84. The molecule has 1 amide bonds. The standard InChI is InChI=1S/C13H15NO3/c1-8-4-3-5-9-6-11(15)14-10(13(8)9)7-12(16)17-2/h3-5,10H,6-7H2,1-2H3,(H,14,15). The molecule has 2 rings (SSSR count). The van der Waals surface area contributed by atoms with Crippen LogP contribution in [0.15, 0.2) is 18.2 Å². The quantitative estimate of drug-likeness (QED) is 0.783. The first-order valence-electron chi connectivity index (χ1n) is 5.56. The molecule has 0 radical (unpaired) electrons. The smallest absolute Gasteiger partial charge is 0.307 e. The molecule has 1 aliphatic rings. The molecule has 90 valence electrons. The number of amides is 1. The lowest BCUT2D eigenvalue weighted by molar-refractivity contribution is -0.141. The van der Waals surface area contributed by atoms with Gasteiger partial charge in [-0.25, -0.2) is 0 Å². The first kappa shape index (κ1) is 11.6. The molecule has 1 heterocycles. The lowest BCUT2D eigenvalue weighted by Gasteiger charge is -2.27. The van der Waals surface area contributed by atoms with Gasteiger partial charge < -0.3 is 10.1 Å². The van der Waals surface area contributed by atoms with Crippen LogP contribution in [0.5, 0.6) is 0 Å². The van der Waals surface area contributed by atoms with Crippen molar-refractivity contribution >= 4 is 11.9 Å². The summed E-state index contributed by atoms with van der Waals surface area (Å²) >= 11 is 0. The number of hydrogen-bond donors (Lipinski definition) is 1. The molecule has 1 N–H and O–H groups in total. The maximum Gasteiger partial charge on any atom is 0.307 e. The third kappa shape index (κ3) is 2.30. The number of hydrogen-bond acceptors (Lipinski definition) is 3. The van der Waals surface area contributed by atoms with E-state index >= 15 is 0 Å². The Hall–Kier alpha value is -1.84. The van der Waals surface area contributed by atoms with Gasteiger partial charge in [-0.3, -0.25) is 9.59 Å². The zero-order chi connectivity index (χ0) is 12.4. The predicted octanol–water partition coefficient (Wildman–Crippen LogP) is 1.27. The van der Waals surface area contributed by atoms with Gasteiger partial charge in [0.05, 0.1) is 26.0 Å². The molecule has 0 saturated heterocycles. The molecule has 0 saturated carbocycles. The van der Waals surface area contributed by atoms with Crippen molar-refractivity contribution in [2.24, 2.45) is 0 Å². The highest BCUT2D eigenvalue weighted by atomic mass is 16.5. The maximum absolute atomic E-state index is 11.6. The number of benzene rings is 1. The summed E-state index contributed by atoms with van der Waals surface area (Å²) < 4.78 is 4.65. The largest absolute Gasteiger partial charge is 0.469 e. The summed E-state index contributed by atoms with van der Waals surface area (Å²) in [6.45, 7) is 1.99. The number of fused-ring (bicyclic) bond motifs is 1. The minimum Gasteiger partial charge on any atom is -0.469 e. The number of carbonyl (C=O) groups excluding carboxylic acids is 2. The Morgan fingerprint density at radius 2 is 2.29 bits per heavy atom. The summed E-state index contributed by atoms with van der Waals surface area (Å²) in [6.07, 6.45) is 0.564. The third-order valence-corrected chi connectivity index (χ3v) is 3.05. The highest BCUT2D eigenvalue weighted by Crippen LogP contribution is 2.28. The second-order valence-electron chi connectivity index (χ2n) is 4.22. The van der Waals surface area contributed by atoms with Crippen LogP contribution in [0.1, 0.15) is 29.2 Å². The van der Waals surface area contributed by atoms with Crippen molar-refractivity contribution < 1.29 is 14.3 Å². The van der Waals surface area contributed by atoms with Crippen LogP contribution >= 0.6 is 0 Å². The van der Waals surface area contributed by atoms with E-state index in [1.807, 2.05) is 25.1 Å². The van der Waals surface area contributed by atoms with Crippen LogP contribution in [-0.2, 0) is 20.7 Å². The molecule has 0 spiro atoms. The fourth-order valence-electron chi connectivity index (χ4n) is 2.29. The van der Waals surface area contributed by atoms with Gasteiger partial charge >= 0.3 is 5.97 Å². The van der Waals surface area contributed by atoms with Crippen LogP contribution in [0.4, 0.5) is 0 Å². The van der Waals surface area contributed by atoms with E-state index in [4.69, 9.17) is 0 Å². The zero-order valence-corrected chi connectivity index (χ0v) is 9.95. The third-order valence-electron chi connectivity index (χ3n) is 3.05. The Morgan fingerprint density at radius 1 is 1.53 bits per heavy atom. The van der Waals surface area contributed by atoms with Crippen LogP contribution in [-0.4, -0.2) is 19.0 Å². The summed E-state index contributed by atoms with van der Waals surface area (Å²) in [5.41, 5.74) is 3.15. The number of nitrogens with one attached hydrogen (secondary N) is 1. The van der Waals surface area contributed by atoms with E-state index in [0.29, 0.717) is 6.42 Å². The van der Waals surface area contributed by atoms with Crippen molar-refractivity contribution in [3.63, 3.8) is 0 Å². The van der Waals surface area contributed by atoms with Crippen LogP contribution in [0.2, 0.25) is 0 Å². The van der Waals surface area contributed by atoms with Crippen molar-refractivity contribution in [2.75, 3.05) is 7.11 Å². The van der Waals surface area contributed by atoms with Crippen LogP contribution < -0.4 is 5.32 Å². The van der Waals surface area contributed by atoms with Gasteiger partial charge in [0.1, 0.15) is 0 Å². The summed E-state index contributed by atoms with van der Waals surface area (Å²) in [6, 6.07) is 5.59. The Morgan fingerprint density at radius 3 is 3.00 bits per heavy atom. The number of aryl methyl sites for hydroxylation is 1. The first-order valence-corrected chi connectivity index (χ1v) is 5.56. The number of methoxy groups -OCH3 is 1. The second kappa shape index (κ2) is 4.57. The minimum atomic E-state index is -0.314. The number of carbonyl (C=O) groups is 2. The van der Waals surface area contributed by atoms with Gasteiger partial charge in [0.2, 0.25) is 5.91 Å². The maximum atomic E-state index is 11.6. The number of rotatable bonds is 2. The van der Waals surface area contributed by atoms with Crippen LogP contribution in [0.25, 0.3) is 0 Å². The highest BCUT2D eigenvalue weighted by Gasteiger charge is 2.27. The zero-order valence-electron chi connectivity index (χ0n) is 9.95. The van der Waals surface area contributed by atoms with Gasteiger partial charge in [-0.15, -0.1) is 0 Å². The molecular formula is C13H15NO3. The van der Waals surface area contributed by atoms with Crippen molar-refractivity contribution in [3.8, 4) is 0 Å². The highest BCUT2D eigenvalue weighted by molar-refractivity contribution is 5.83. The molecule has 4 heteroatoms. The predicted molar refractivity (Wildman–Crippen MR) is 62.4 cm³/mol. The summed E-state index contributed by atoms with van der Waals surface area (Å²) in [4.78, 5) is 22.9. The monoisotopic (exact) mass is 233 g/mol. The lowest BCUT2D eigenvalue weighted by Crippen LogP contribution is -2.37. The van der Waals surface area contributed by atoms with Crippen molar-refractivity contribution in [1.29, 1.82) is 0 Å². The Bertz CT molecular complexity index is 468. The minimum absolute atomic E-state index is 0.0444. The van der Waals surface area contributed by atoms with Crippen molar-refractivity contribution in [3.05, 3.63) is 34.9 Å². The Kier molecular flexibility index (Phi) is 3.13. The fraction of sp³-hybridized carbons (Fsp3) is 0.385. The fourth-order valence-corrected chi connectivity index (χ4v) is 2.29. The van der Waals surface area contributed by atoms with E-state index in [1.165, 1.54) is 7.11 Å². The van der Waals surface area contributed by atoms with Gasteiger partial charge in [0, 0.05) is 0 Å². The topological polar surface area (TPSA) is 55.4 Å². The molecule has 0 bridgehead atoms. The average Bonchev–Trinajstić information content (AvgIpc) is 2.28. The molecule has 4 nitrogen and oxygen atoms in total. The van der Waals surface area contributed by atoms with Crippen molar-refractivity contribution in [2.45, 2.75) is 25.8 Å². The van der Waals surface area contributed by atoms with E-state index in [0.717, 1.165) is 16.7 Å². The van der Waals surface area contributed by atoms with Crippen LogP contribution in [0, 0.1) is 6.92 Å². The molecule has 0 aliphatic carbocycles. The van der Waals surface area contributed by atoms with Gasteiger partial charge in [0.15, 0.2) is 0 Å². The summed E-state index contributed by atoms with van der Waals surface area (Å²) in [5.74, 6) is -0.358. The van der Waals surface area contributed by atoms with Gasteiger partial charge in [-0.05, 0) is 23.6 Å². The first-order chi connectivity index (χ1) is 8.11. The molecule has 1 unspecified atom stereocenters. The molecule has 0 fully saturated rings. The summed E-state index contributed by atoms with van der Waals surface area (Å²) in [7, 11) is 1.35. The van der Waals surface area contributed by atoms with Gasteiger partial charge in [-0.1, -0.05) is 18.2 Å². The SMILES string of the molecule is COC(=O)CC1NC(=O)Cc2cccc(C)c21. The molecule has 1 aliphatic heterocycles. The number of esters is 1. The van der Waals surface area contributed by atoms with Crippen molar-refractivity contribution in [1.82, 2.24) is 5.32 Å². The Balaban J connectivity index is 2.36. The van der Waals surface area contributed by atoms with Gasteiger partial charge in [0.25, 0.3) is 0 Å². The normalized spacial score (nSPS) is 18.2. The molecule has 1 aromatic carbocycles. The lowest BCUT2D eigenvalue weighted by atomic mass is 9.88. The second-order valence-corrected chi connectivity index (χ2v) is 4.22. The average molecular weight is 233 g/mol. The van der Waals surface area contributed by atoms with E-state index in [1.54, 1.807) is 0 Å². The van der Waals surface area contributed by atoms with E-state index in [2.05, 4.69) is 10.1 Å². The van der Waals surface area contributed by atoms with E-state index in [9.17, 15) is 9.59 Å². The number of ether oxygens (including phenoxy) is 1. The molecule has 1 aromatic rings. The van der Waals surface area contributed by atoms with Crippen LogP contribution in [0.3, 0.4) is 0 Å². The molecule has 17 heavy (non-hydrogen) atoms. The molecule has 0 aromatic heterocycles. The molecule has 1 atom stereocenters. The van der Waals surface area contributed by atoms with E-state index < -0.39 is 0 Å². The van der Waals surface area contributed by atoms with Gasteiger partial charge in [-0.2, -0.15) is 0 Å². The Labute approximate surface area is 100.0 Å². The van der Waals surface area contributed by atoms with E-state index in [-0.39, 0.29) is 24.3 Å². The molecular weight excluding hydrogens is 218 g/mol.